The minimum atomic E-state index is 0.00717. The lowest BCUT2D eigenvalue weighted by molar-refractivity contribution is 0.0947. The Kier molecular flexibility index (Phi) is 4.69. The third-order valence-electron chi connectivity index (χ3n) is 6.03. The molecule has 130 valence electrons. The van der Waals surface area contributed by atoms with Crippen LogP contribution in [-0.4, -0.2) is 43.7 Å². The third kappa shape index (κ3) is 3.27. The second-order valence-electron chi connectivity index (χ2n) is 7.45. The Morgan fingerprint density at radius 2 is 2.17 bits per heavy atom. The SMILES string of the molecule is O=C(NCC[C@@H]1C[C@H]2CC[C@H]1C2)c1cccnc1N1CCOCC1. The Balaban J connectivity index is 1.34. The van der Waals surface area contributed by atoms with Crippen LogP contribution in [0.25, 0.3) is 0 Å². The van der Waals surface area contributed by atoms with E-state index in [1.807, 2.05) is 12.1 Å². The molecule has 1 aromatic heterocycles. The summed E-state index contributed by atoms with van der Waals surface area (Å²) < 4.78 is 5.40. The second-order valence-corrected chi connectivity index (χ2v) is 7.45. The molecule has 5 nitrogen and oxygen atoms in total. The standard InChI is InChI=1S/C19H27N3O2/c23-19(21-7-5-16-13-14-3-4-15(16)12-14)17-2-1-6-20-18(17)22-8-10-24-11-9-22/h1-2,6,14-16H,3-5,7-13H2,(H,21,23)/t14-,15-,16+/m0/s1. The van der Waals surface area contributed by atoms with E-state index in [1.165, 1.54) is 25.7 Å². The third-order valence-corrected chi connectivity index (χ3v) is 6.03. The van der Waals surface area contributed by atoms with Crippen molar-refractivity contribution in [1.82, 2.24) is 10.3 Å². The average molecular weight is 329 g/mol. The number of ether oxygens (including phenoxy) is 1. The normalized spacial score (nSPS) is 29.0. The fourth-order valence-electron chi connectivity index (χ4n) is 4.80. The molecule has 5 heteroatoms. The summed E-state index contributed by atoms with van der Waals surface area (Å²) in [5.74, 6) is 3.53. The van der Waals surface area contributed by atoms with E-state index in [0.29, 0.717) is 18.8 Å². The van der Waals surface area contributed by atoms with Gasteiger partial charge in [-0.25, -0.2) is 4.98 Å². The molecule has 0 unspecified atom stereocenters. The first kappa shape index (κ1) is 15.9. The van der Waals surface area contributed by atoms with Crippen molar-refractivity contribution in [3.8, 4) is 0 Å². The van der Waals surface area contributed by atoms with Gasteiger partial charge in [0, 0.05) is 25.8 Å². The summed E-state index contributed by atoms with van der Waals surface area (Å²) in [5, 5.41) is 3.13. The second kappa shape index (κ2) is 7.09. The van der Waals surface area contributed by atoms with E-state index in [0.717, 1.165) is 49.6 Å². The molecule has 1 amide bonds. The number of nitrogens with one attached hydrogen (secondary N) is 1. The monoisotopic (exact) mass is 329 g/mol. The van der Waals surface area contributed by atoms with E-state index >= 15 is 0 Å². The molecule has 2 heterocycles. The Morgan fingerprint density at radius 1 is 1.29 bits per heavy atom. The van der Waals surface area contributed by atoms with Crippen LogP contribution in [0.2, 0.25) is 0 Å². The smallest absolute Gasteiger partial charge is 0.255 e. The molecule has 3 aliphatic rings. The minimum absolute atomic E-state index is 0.00717. The van der Waals surface area contributed by atoms with Crippen LogP contribution in [0.1, 0.15) is 42.5 Å². The number of fused-ring (bicyclic) bond motifs is 2. The summed E-state index contributed by atoms with van der Waals surface area (Å²) in [7, 11) is 0. The predicted octanol–water partition coefficient (Wildman–Crippen LogP) is 2.47. The van der Waals surface area contributed by atoms with Gasteiger partial charge in [0.25, 0.3) is 5.91 Å². The summed E-state index contributed by atoms with van der Waals surface area (Å²) in [6.07, 6.45) is 8.55. The summed E-state index contributed by atoms with van der Waals surface area (Å²) in [5.41, 5.74) is 0.687. The highest BCUT2D eigenvalue weighted by molar-refractivity contribution is 5.98. The summed E-state index contributed by atoms with van der Waals surface area (Å²) in [6, 6.07) is 3.72. The number of morpholine rings is 1. The lowest BCUT2D eigenvalue weighted by Crippen LogP contribution is -2.38. The Hall–Kier alpha value is -1.62. The number of hydrogen-bond donors (Lipinski definition) is 1. The molecule has 1 aromatic rings. The van der Waals surface area contributed by atoms with Crippen molar-refractivity contribution in [2.75, 3.05) is 37.7 Å². The first-order valence-electron chi connectivity index (χ1n) is 9.37. The molecule has 0 aromatic carbocycles. The van der Waals surface area contributed by atoms with Crippen molar-refractivity contribution >= 4 is 11.7 Å². The van der Waals surface area contributed by atoms with Gasteiger partial charge in [0.05, 0.1) is 18.8 Å². The first-order chi connectivity index (χ1) is 11.8. The number of anilines is 1. The average Bonchev–Trinajstić information content (AvgIpc) is 3.25. The van der Waals surface area contributed by atoms with Crippen LogP contribution in [0.15, 0.2) is 18.3 Å². The number of carbonyl (C=O) groups excluding carboxylic acids is 1. The van der Waals surface area contributed by atoms with Crippen LogP contribution in [0.5, 0.6) is 0 Å². The molecule has 1 N–H and O–H groups in total. The van der Waals surface area contributed by atoms with E-state index in [1.54, 1.807) is 6.20 Å². The van der Waals surface area contributed by atoms with Crippen molar-refractivity contribution in [3.63, 3.8) is 0 Å². The van der Waals surface area contributed by atoms with Crippen LogP contribution < -0.4 is 10.2 Å². The van der Waals surface area contributed by atoms with Gasteiger partial charge in [-0.2, -0.15) is 0 Å². The van der Waals surface area contributed by atoms with Crippen LogP contribution in [0.3, 0.4) is 0 Å². The van der Waals surface area contributed by atoms with Crippen molar-refractivity contribution in [2.24, 2.45) is 17.8 Å². The molecule has 2 saturated carbocycles. The largest absolute Gasteiger partial charge is 0.378 e. The summed E-state index contributed by atoms with van der Waals surface area (Å²) in [4.78, 5) is 19.2. The summed E-state index contributed by atoms with van der Waals surface area (Å²) in [6.45, 7) is 3.76. The predicted molar refractivity (Wildman–Crippen MR) is 93.2 cm³/mol. The molecule has 3 fully saturated rings. The van der Waals surface area contributed by atoms with E-state index in [9.17, 15) is 4.79 Å². The first-order valence-corrected chi connectivity index (χ1v) is 9.37. The molecule has 2 bridgehead atoms. The van der Waals surface area contributed by atoms with Gasteiger partial charge in [0.15, 0.2) is 0 Å². The van der Waals surface area contributed by atoms with Crippen molar-refractivity contribution < 1.29 is 9.53 Å². The molecular weight excluding hydrogens is 302 g/mol. The Morgan fingerprint density at radius 3 is 2.92 bits per heavy atom. The Bertz CT molecular complexity index is 586. The molecule has 0 spiro atoms. The highest BCUT2D eigenvalue weighted by Gasteiger charge is 2.38. The van der Waals surface area contributed by atoms with Gasteiger partial charge in [0.1, 0.15) is 5.82 Å². The maximum Gasteiger partial charge on any atom is 0.255 e. The highest BCUT2D eigenvalue weighted by Crippen LogP contribution is 2.49. The van der Waals surface area contributed by atoms with Crippen molar-refractivity contribution in [3.05, 3.63) is 23.9 Å². The zero-order valence-corrected chi connectivity index (χ0v) is 14.2. The fraction of sp³-hybridized carbons (Fsp3) is 0.684. The van der Waals surface area contributed by atoms with Crippen molar-refractivity contribution in [1.29, 1.82) is 0 Å². The zero-order valence-electron chi connectivity index (χ0n) is 14.2. The lowest BCUT2D eigenvalue weighted by atomic mass is 9.86. The minimum Gasteiger partial charge on any atom is -0.378 e. The fourth-order valence-corrected chi connectivity index (χ4v) is 4.80. The summed E-state index contributed by atoms with van der Waals surface area (Å²) >= 11 is 0. The van der Waals surface area contributed by atoms with Gasteiger partial charge in [-0.1, -0.05) is 6.42 Å². The molecule has 4 rings (SSSR count). The maximum atomic E-state index is 12.6. The lowest BCUT2D eigenvalue weighted by Gasteiger charge is -2.29. The van der Waals surface area contributed by atoms with Gasteiger partial charge in [-0.15, -0.1) is 0 Å². The molecule has 24 heavy (non-hydrogen) atoms. The number of hydrogen-bond acceptors (Lipinski definition) is 4. The molecule has 1 saturated heterocycles. The quantitative estimate of drug-likeness (QED) is 0.902. The Labute approximate surface area is 143 Å². The maximum absolute atomic E-state index is 12.6. The molecule has 2 aliphatic carbocycles. The number of amides is 1. The van der Waals surface area contributed by atoms with E-state index < -0.39 is 0 Å². The van der Waals surface area contributed by atoms with Crippen LogP contribution in [-0.2, 0) is 4.74 Å². The number of rotatable bonds is 5. The number of pyridine rings is 1. The van der Waals surface area contributed by atoms with Gasteiger partial charge in [0.2, 0.25) is 0 Å². The molecule has 1 aliphatic heterocycles. The van der Waals surface area contributed by atoms with Crippen LogP contribution >= 0.6 is 0 Å². The number of nitrogens with zero attached hydrogens (tertiary/aromatic N) is 2. The van der Waals surface area contributed by atoms with Crippen LogP contribution in [0, 0.1) is 17.8 Å². The van der Waals surface area contributed by atoms with Crippen molar-refractivity contribution in [2.45, 2.75) is 32.1 Å². The van der Waals surface area contributed by atoms with E-state index in [2.05, 4.69) is 15.2 Å². The number of carbonyl (C=O) groups is 1. The molecular formula is C19H27N3O2. The highest BCUT2D eigenvalue weighted by atomic mass is 16.5. The van der Waals surface area contributed by atoms with Gasteiger partial charge < -0.3 is 15.0 Å². The molecule has 3 atom stereocenters. The van der Waals surface area contributed by atoms with Gasteiger partial charge >= 0.3 is 0 Å². The topological polar surface area (TPSA) is 54.5 Å². The van der Waals surface area contributed by atoms with Crippen LogP contribution in [0.4, 0.5) is 5.82 Å². The molecule has 0 radical (unpaired) electrons. The van der Waals surface area contributed by atoms with E-state index in [4.69, 9.17) is 4.74 Å². The van der Waals surface area contributed by atoms with E-state index in [-0.39, 0.29) is 5.91 Å². The zero-order chi connectivity index (χ0) is 16.4. The van der Waals surface area contributed by atoms with Gasteiger partial charge in [-0.3, -0.25) is 4.79 Å². The van der Waals surface area contributed by atoms with Gasteiger partial charge in [-0.05, 0) is 55.6 Å². The number of aromatic nitrogens is 1.